The van der Waals surface area contributed by atoms with Gasteiger partial charge in [0, 0.05) is 24.1 Å². The molecule has 1 aromatic carbocycles. The van der Waals surface area contributed by atoms with E-state index in [9.17, 15) is 13.2 Å². The van der Waals surface area contributed by atoms with Gasteiger partial charge in [-0.3, -0.25) is 0 Å². The summed E-state index contributed by atoms with van der Waals surface area (Å²) in [7, 11) is 4.62. The molecule has 6 aliphatic rings. The SMILES string of the molecule is COc1ccc2c3c1OC1C34CCN(C)C(C2)[C@]42C=C[C@@]1(OC)[C@@H](C(F)(F)C(F)(F)F)C2. The second kappa shape index (κ2) is 5.78. The summed E-state index contributed by atoms with van der Waals surface area (Å²) in [6.07, 6.45) is -2.57. The van der Waals surface area contributed by atoms with Gasteiger partial charge in [0.1, 0.15) is 11.7 Å². The Hall–Kier alpha value is -1.87. The van der Waals surface area contributed by atoms with Crippen LogP contribution in [0.15, 0.2) is 24.3 Å². The molecule has 7 rings (SSSR count). The van der Waals surface area contributed by atoms with Gasteiger partial charge in [0.05, 0.1) is 18.4 Å². The highest BCUT2D eigenvalue weighted by atomic mass is 19.4. The van der Waals surface area contributed by atoms with Crippen molar-refractivity contribution in [3.8, 4) is 11.5 Å². The molecule has 2 heterocycles. The van der Waals surface area contributed by atoms with E-state index in [1.807, 2.05) is 19.2 Å². The minimum absolute atomic E-state index is 0.216. The Morgan fingerprint density at radius 3 is 2.53 bits per heavy atom. The van der Waals surface area contributed by atoms with Gasteiger partial charge in [-0.15, -0.1) is 0 Å². The van der Waals surface area contributed by atoms with Crippen LogP contribution in [0.25, 0.3) is 0 Å². The molecule has 6 atom stereocenters. The van der Waals surface area contributed by atoms with Crippen molar-refractivity contribution < 1.29 is 36.2 Å². The lowest BCUT2D eigenvalue weighted by Crippen LogP contribution is -2.80. The Morgan fingerprint density at radius 2 is 1.88 bits per heavy atom. The number of ether oxygens (including phenoxy) is 3. The fourth-order valence-electron chi connectivity index (χ4n) is 7.81. The van der Waals surface area contributed by atoms with Gasteiger partial charge in [0.15, 0.2) is 11.5 Å². The molecule has 1 saturated heterocycles. The standard InChI is InChI=1S/C23H24F5NO3/c1-29-9-8-20-16-12-4-5-13(30-2)17(16)32-18(20)21(31-3)7-6-19(20,15(29)10-12)11-14(21)22(24,25)23(26,27)28/h4-7,14-15,18H,8-11H2,1-3H3/t14-,15?,18?,19+,20?,21+/m0/s1. The third kappa shape index (κ3) is 1.91. The first kappa shape index (κ1) is 20.7. The van der Waals surface area contributed by atoms with Crippen molar-refractivity contribution >= 4 is 0 Å². The van der Waals surface area contributed by atoms with E-state index >= 15 is 8.78 Å². The molecule has 0 aromatic heterocycles. The first-order valence-electron chi connectivity index (χ1n) is 10.8. The van der Waals surface area contributed by atoms with Gasteiger partial charge in [-0.05, 0) is 44.5 Å². The molecule has 0 amide bonds. The number of hydrogen-bond acceptors (Lipinski definition) is 4. The van der Waals surface area contributed by atoms with Crippen molar-refractivity contribution in [3.63, 3.8) is 0 Å². The average Bonchev–Trinajstić information content (AvgIpc) is 3.12. The fourth-order valence-corrected chi connectivity index (χ4v) is 7.81. The molecule has 174 valence electrons. The van der Waals surface area contributed by atoms with Crippen LogP contribution in [0.2, 0.25) is 0 Å². The highest BCUT2D eigenvalue weighted by molar-refractivity contribution is 5.65. The minimum Gasteiger partial charge on any atom is -0.493 e. The minimum atomic E-state index is -5.69. The Kier molecular flexibility index (Phi) is 3.74. The summed E-state index contributed by atoms with van der Waals surface area (Å²) in [4.78, 5) is 2.10. The fraction of sp³-hybridized carbons (Fsp3) is 0.652. The Balaban J connectivity index is 1.67. The van der Waals surface area contributed by atoms with Gasteiger partial charge in [0.25, 0.3) is 0 Å². The molecule has 32 heavy (non-hydrogen) atoms. The van der Waals surface area contributed by atoms with Gasteiger partial charge in [-0.1, -0.05) is 18.2 Å². The zero-order valence-corrected chi connectivity index (χ0v) is 17.9. The van der Waals surface area contributed by atoms with E-state index in [0.29, 0.717) is 30.9 Å². The van der Waals surface area contributed by atoms with E-state index < -0.39 is 40.6 Å². The third-order valence-corrected chi connectivity index (χ3v) is 9.09. The highest BCUT2D eigenvalue weighted by Crippen LogP contribution is 2.76. The monoisotopic (exact) mass is 457 g/mol. The van der Waals surface area contributed by atoms with Crippen LogP contribution in [0, 0.1) is 11.3 Å². The molecule has 4 aliphatic carbocycles. The molecule has 2 aliphatic heterocycles. The molecule has 9 heteroatoms. The molecule has 1 saturated carbocycles. The predicted octanol–water partition coefficient (Wildman–Crippen LogP) is 4.11. The van der Waals surface area contributed by atoms with Gasteiger partial charge in [0.2, 0.25) is 0 Å². The summed E-state index contributed by atoms with van der Waals surface area (Å²) in [5.74, 6) is -6.11. The molecule has 0 radical (unpaired) electrons. The van der Waals surface area contributed by atoms with E-state index in [-0.39, 0.29) is 12.5 Å². The molecule has 4 nitrogen and oxygen atoms in total. The topological polar surface area (TPSA) is 30.9 Å². The van der Waals surface area contributed by atoms with Crippen molar-refractivity contribution in [2.45, 2.75) is 54.5 Å². The smallest absolute Gasteiger partial charge is 0.453 e. The zero-order chi connectivity index (χ0) is 22.9. The molecule has 3 unspecified atom stereocenters. The molecular formula is C23H24F5NO3. The molecule has 2 fully saturated rings. The second-order valence-electron chi connectivity index (χ2n) is 9.86. The summed E-state index contributed by atoms with van der Waals surface area (Å²) in [6, 6.07) is 3.54. The third-order valence-electron chi connectivity index (χ3n) is 9.09. The summed E-state index contributed by atoms with van der Waals surface area (Å²) < 4.78 is 88.8. The average molecular weight is 457 g/mol. The lowest BCUT2D eigenvalue weighted by Gasteiger charge is -2.71. The number of hydrogen-bond donors (Lipinski definition) is 0. The quantitative estimate of drug-likeness (QED) is 0.505. The van der Waals surface area contributed by atoms with Crippen LogP contribution in [0.5, 0.6) is 11.5 Å². The first-order chi connectivity index (χ1) is 15.0. The maximum atomic E-state index is 15.1. The molecule has 2 spiro atoms. The number of halogens is 5. The number of piperidine rings is 1. The van der Waals surface area contributed by atoms with Gasteiger partial charge < -0.3 is 19.1 Å². The lowest BCUT2D eigenvalue weighted by molar-refractivity contribution is -0.346. The second-order valence-corrected chi connectivity index (χ2v) is 9.86. The number of nitrogens with zero attached hydrogens (tertiary/aromatic N) is 1. The van der Waals surface area contributed by atoms with Crippen molar-refractivity contribution in [1.29, 1.82) is 0 Å². The summed E-state index contributed by atoms with van der Waals surface area (Å²) in [5, 5.41) is 0. The van der Waals surface area contributed by atoms with Gasteiger partial charge in [-0.2, -0.15) is 22.0 Å². The number of likely N-dealkylation sites (tertiary alicyclic amines) is 1. The normalized spacial score (nSPS) is 41.4. The summed E-state index contributed by atoms with van der Waals surface area (Å²) >= 11 is 0. The Labute approximate surface area is 182 Å². The lowest BCUT2D eigenvalue weighted by atomic mass is 9.36. The summed E-state index contributed by atoms with van der Waals surface area (Å²) in [6.45, 7) is 0.691. The van der Waals surface area contributed by atoms with E-state index in [1.54, 1.807) is 6.07 Å². The molecule has 4 bridgehead atoms. The largest absolute Gasteiger partial charge is 0.493 e. The van der Waals surface area contributed by atoms with Crippen molar-refractivity contribution in [1.82, 2.24) is 4.90 Å². The zero-order valence-electron chi connectivity index (χ0n) is 17.9. The van der Waals surface area contributed by atoms with Gasteiger partial charge in [-0.25, -0.2) is 0 Å². The number of rotatable bonds is 3. The van der Waals surface area contributed by atoms with Crippen LogP contribution in [0.3, 0.4) is 0 Å². The Morgan fingerprint density at radius 1 is 1.12 bits per heavy atom. The Bertz CT molecular complexity index is 1040. The van der Waals surface area contributed by atoms with Gasteiger partial charge >= 0.3 is 12.1 Å². The van der Waals surface area contributed by atoms with Crippen LogP contribution in [-0.2, 0) is 16.6 Å². The van der Waals surface area contributed by atoms with Crippen LogP contribution in [0.1, 0.15) is 24.0 Å². The highest BCUT2D eigenvalue weighted by Gasteiger charge is 2.83. The summed E-state index contributed by atoms with van der Waals surface area (Å²) in [5.41, 5.74) is -1.64. The van der Waals surface area contributed by atoms with Crippen molar-refractivity contribution in [2.75, 3.05) is 27.8 Å². The van der Waals surface area contributed by atoms with Crippen LogP contribution < -0.4 is 9.47 Å². The van der Waals surface area contributed by atoms with E-state index in [0.717, 1.165) is 11.1 Å². The number of alkyl halides is 5. The number of methoxy groups -OCH3 is 2. The van der Waals surface area contributed by atoms with E-state index in [1.165, 1.54) is 20.3 Å². The predicted molar refractivity (Wildman–Crippen MR) is 104 cm³/mol. The maximum Gasteiger partial charge on any atom is 0.453 e. The number of fused-ring (bicyclic) bond motifs is 1. The van der Waals surface area contributed by atoms with E-state index in [4.69, 9.17) is 14.2 Å². The van der Waals surface area contributed by atoms with Crippen LogP contribution in [-0.4, -0.2) is 62.6 Å². The van der Waals surface area contributed by atoms with Crippen LogP contribution in [0.4, 0.5) is 22.0 Å². The molecular weight excluding hydrogens is 433 g/mol. The van der Waals surface area contributed by atoms with E-state index in [2.05, 4.69) is 4.90 Å². The van der Waals surface area contributed by atoms with Crippen LogP contribution >= 0.6 is 0 Å². The first-order valence-corrected chi connectivity index (χ1v) is 10.8. The molecule has 0 N–H and O–H groups in total. The van der Waals surface area contributed by atoms with Crippen molar-refractivity contribution in [2.24, 2.45) is 11.3 Å². The molecule has 1 aromatic rings. The number of likely N-dealkylation sites (N-methyl/N-ethyl adjacent to an activating group) is 1. The maximum absolute atomic E-state index is 15.1. The number of benzene rings is 1. The van der Waals surface area contributed by atoms with Crippen molar-refractivity contribution in [3.05, 3.63) is 35.4 Å².